The number of hydrogen-bond donors (Lipinski definition) is 1. The van der Waals surface area contributed by atoms with Gasteiger partial charge < -0.3 is 14.8 Å². The maximum absolute atomic E-state index is 11.9. The van der Waals surface area contributed by atoms with Crippen LogP contribution in [0.5, 0.6) is 5.75 Å². The van der Waals surface area contributed by atoms with E-state index in [1.165, 1.54) is 24.3 Å². The van der Waals surface area contributed by atoms with Gasteiger partial charge in [0, 0.05) is 16.6 Å². The molecule has 9 nitrogen and oxygen atoms in total. The highest BCUT2D eigenvalue weighted by molar-refractivity contribution is 8.03. The molecule has 2 rings (SSSR count). The maximum atomic E-state index is 11.9. The van der Waals surface area contributed by atoms with Crippen LogP contribution in [0.1, 0.15) is 5.56 Å². The average molecular weight is 401 g/mol. The zero-order chi connectivity index (χ0) is 20.5. The second-order valence-corrected chi connectivity index (χ2v) is 6.25. The molecule has 0 spiro atoms. The Morgan fingerprint density at radius 1 is 1.25 bits per heavy atom. The van der Waals surface area contributed by atoms with E-state index in [1.54, 1.807) is 25.1 Å². The number of amides is 1. The molecule has 0 aromatic heterocycles. The number of nitrogens with one attached hydrogen (secondary N) is 1. The minimum atomic E-state index is -0.842. The molecule has 0 radical (unpaired) electrons. The molecule has 0 unspecified atom stereocenters. The lowest BCUT2D eigenvalue weighted by Gasteiger charge is -2.10. The van der Waals surface area contributed by atoms with Gasteiger partial charge in [0.2, 0.25) is 0 Å². The van der Waals surface area contributed by atoms with E-state index in [2.05, 4.69) is 5.32 Å². The summed E-state index contributed by atoms with van der Waals surface area (Å²) < 4.78 is 9.90. The van der Waals surface area contributed by atoms with E-state index in [-0.39, 0.29) is 11.4 Å². The van der Waals surface area contributed by atoms with Crippen LogP contribution in [-0.2, 0) is 14.3 Å². The number of rotatable bonds is 8. The fourth-order valence-corrected chi connectivity index (χ4v) is 2.61. The normalized spacial score (nSPS) is 9.86. The van der Waals surface area contributed by atoms with Crippen molar-refractivity contribution in [3.63, 3.8) is 0 Å². The number of ether oxygens (including phenoxy) is 2. The highest BCUT2D eigenvalue weighted by atomic mass is 32.2. The van der Waals surface area contributed by atoms with Crippen molar-refractivity contribution < 1.29 is 24.0 Å². The molecular weight excluding hydrogens is 386 g/mol. The van der Waals surface area contributed by atoms with E-state index in [0.29, 0.717) is 5.69 Å². The minimum absolute atomic E-state index is 0.0696. The average Bonchev–Trinajstić information content (AvgIpc) is 2.67. The Morgan fingerprint density at radius 3 is 2.68 bits per heavy atom. The van der Waals surface area contributed by atoms with Gasteiger partial charge in [0.05, 0.1) is 4.92 Å². The van der Waals surface area contributed by atoms with E-state index in [9.17, 15) is 19.7 Å². The highest BCUT2D eigenvalue weighted by Crippen LogP contribution is 2.26. The summed E-state index contributed by atoms with van der Waals surface area (Å²) in [5.41, 5.74) is 1.00. The lowest BCUT2D eigenvalue weighted by Crippen LogP contribution is -2.24. The number of aryl methyl sites for hydroxylation is 1. The topological polar surface area (TPSA) is 132 Å². The van der Waals surface area contributed by atoms with Crippen LogP contribution in [0.2, 0.25) is 0 Å². The van der Waals surface area contributed by atoms with Gasteiger partial charge in [-0.1, -0.05) is 12.1 Å². The highest BCUT2D eigenvalue weighted by Gasteiger charge is 2.16. The molecule has 0 atom stereocenters. The zero-order valence-corrected chi connectivity index (χ0v) is 15.5. The van der Waals surface area contributed by atoms with Gasteiger partial charge in [-0.15, -0.1) is 0 Å². The molecule has 0 heterocycles. The number of nitrogens with zero attached hydrogens (tertiary/aromatic N) is 2. The van der Waals surface area contributed by atoms with Crippen molar-refractivity contribution in [1.82, 2.24) is 0 Å². The van der Waals surface area contributed by atoms with Crippen LogP contribution in [0.3, 0.4) is 0 Å². The first-order chi connectivity index (χ1) is 13.4. The number of hydrogen-bond acceptors (Lipinski definition) is 8. The van der Waals surface area contributed by atoms with Gasteiger partial charge in [0.15, 0.2) is 19.0 Å². The third-order valence-electron chi connectivity index (χ3n) is 3.41. The lowest BCUT2D eigenvalue weighted by atomic mass is 10.2. The smallest absolute Gasteiger partial charge is 0.344 e. The summed E-state index contributed by atoms with van der Waals surface area (Å²) in [4.78, 5) is 34.6. The van der Waals surface area contributed by atoms with Crippen LogP contribution < -0.4 is 10.1 Å². The monoisotopic (exact) mass is 401 g/mol. The fraction of sp³-hybridized carbons (Fsp3) is 0.167. The molecule has 144 valence electrons. The van der Waals surface area contributed by atoms with Gasteiger partial charge in [0.25, 0.3) is 5.91 Å². The number of esters is 1. The van der Waals surface area contributed by atoms with E-state index in [1.807, 2.05) is 5.40 Å². The van der Waals surface area contributed by atoms with Crippen molar-refractivity contribution in [1.29, 1.82) is 5.26 Å². The summed E-state index contributed by atoms with van der Waals surface area (Å²) in [6.07, 6.45) is 0. The van der Waals surface area contributed by atoms with Gasteiger partial charge in [-0.2, -0.15) is 5.26 Å². The fourth-order valence-electron chi connectivity index (χ4n) is 2.13. The number of para-hydroxylation sites is 2. The number of carbonyl (C=O) groups excluding carboxylic acids is 2. The number of nitro groups is 1. The number of benzene rings is 2. The van der Waals surface area contributed by atoms with Gasteiger partial charge in [-0.3, -0.25) is 14.9 Å². The van der Waals surface area contributed by atoms with Gasteiger partial charge in [-0.05, 0) is 48.5 Å². The quantitative estimate of drug-likeness (QED) is 0.235. The molecule has 0 bridgehead atoms. The van der Waals surface area contributed by atoms with Crippen molar-refractivity contribution in [2.45, 2.75) is 11.8 Å². The Hall–Kier alpha value is -3.58. The van der Waals surface area contributed by atoms with Gasteiger partial charge in [0.1, 0.15) is 5.40 Å². The zero-order valence-electron chi connectivity index (χ0n) is 14.7. The molecule has 0 fully saturated rings. The van der Waals surface area contributed by atoms with Gasteiger partial charge >= 0.3 is 11.7 Å². The van der Waals surface area contributed by atoms with Crippen molar-refractivity contribution in [3.05, 3.63) is 58.1 Å². The summed E-state index contributed by atoms with van der Waals surface area (Å²) in [7, 11) is 0. The Bertz CT molecular complexity index is 941. The van der Waals surface area contributed by atoms with Crippen LogP contribution in [0, 0.1) is 27.7 Å². The van der Waals surface area contributed by atoms with Crippen molar-refractivity contribution >= 4 is 35.0 Å². The van der Waals surface area contributed by atoms with Crippen molar-refractivity contribution in [2.24, 2.45) is 0 Å². The number of nitriles is 1. The van der Waals surface area contributed by atoms with Crippen LogP contribution in [0.4, 0.5) is 11.4 Å². The maximum Gasteiger partial charge on any atom is 0.344 e. The van der Waals surface area contributed by atoms with Gasteiger partial charge in [-0.25, -0.2) is 4.79 Å². The first-order valence-electron chi connectivity index (χ1n) is 7.89. The summed E-state index contributed by atoms with van der Waals surface area (Å²) in [5, 5.41) is 24.1. The molecule has 0 saturated heterocycles. The summed E-state index contributed by atoms with van der Waals surface area (Å²) in [5.74, 6) is -1.46. The predicted octanol–water partition coefficient (Wildman–Crippen LogP) is 3.04. The summed E-state index contributed by atoms with van der Waals surface area (Å²) in [6, 6.07) is 10.7. The molecule has 28 heavy (non-hydrogen) atoms. The standard InChI is InChI=1S/C18H15N3O6S/c1-12-8-13(28-11-19)6-7-14(12)20-17(22)9-27-18(23)10-26-16-5-3-2-4-15(16)21(24)25/h2-8H,9-10H2,1H3,(H,20,22). The second-order valence-electron chi connectivity index (χ2n) is 5.39. The molecule has 1 N–H and O–H groups in total. The summed E-state index contributed by atoms with van der Waals surface area (Å²) >= 11 is 1.01. The first kappa shape index (κ1) is 20.7. The predicted molar refractivity (Wildman–Crippen MR) is 101 cm³/mol. The SMILES string of the molecule is Cc1cc(SC#N)ccc1NC(=O)COC(=O)COc1ccccc1[N+](=O)[O-]. The summed E-state index contributed by atoms with van der Waals surface area (Å²) in [6.45, 7) is 0.661. The molecular formula is C18H15N3O6S. The first-order valence-corrected chi connectivity index (χ1v) is 8.70. The molecule has 2 aromatic rings. The number of anilines is 1. The largest absolute Gasteiger partial charge is 0.475 e. The third kappa shape index (κ3) is 6.00. The third-order valence-corrected chi connectivity index (χ3v) is 3.99. The van der Waals surface area contributed by atoms with Crippen molar-refractivity contribution in [3.8, 4) is 11.2 Å². The lowest BCUT2D eigenvalue weighted by molar-refractivity contribution is -0.385. The number of carbonyl (C=O) groups is 2. The van der Waals surface area contributed by atoms with Crippen LogP contribution >= 0.6 is 11.8 Å². The molecule has 10 heteroatoms. The Morgan fingerprint density at radius 2 is 2.00 bits per heavy atom. The number of thioether (sulfide) groups is 1. The molecule has 2 aromatic carbocycles. The van der Waals surface area contributed by atoms with Crippen LogP contribution in [-0.4, -0.2) is 30.0 Å². The molecule has 1 amide bonds. The molecule has 0 aliphatic rings. The molecule has 0 aliphatic carbocycles. The molecule has 0 aliphatic heterocycles. The van der Waals surface area contributed by atoms with E-state index >= 15 is 0 Å². The molecule has 0 saturated carbocycles. The number of nitro benzene ring substituents is 1. The number of thiocyanates is 1. The van der Waals surface area contributed by atoms with E-state index in [0.717, 1.165) is 22.2 Å². The van der Waals surface area contributed by atoms with Crippen molar-refractivity contribution in [2.75, 3.05) is 18.5 Å². The Labute approximate surface area is 164 Å². The van der Waals surface area contributed by atoms with E-state index in [4.69, 9.17) is 14.7 Å². The van der Waals surface area contributed by atoms with Crippen LogP contribution in [0.25, 0.3) is 0 Å². The van der Waals surface area contributed by atoms with E-state index < -0.39 is 30.0 Å². The van der Waals surface area contributed by atoms with Crippen LogP contribution in [0.15, 0.2) is 47.4 Å². The Balaban J connectivity index is 1.82. The minimum Gasteiger partial charge on any atom is -0.475 e. The Kier molecular flexibility index (Phi) is 7.36. The second kappa shape index (κ2) is 9.94.